The highest BCUT2D eigenvalue weighted by atomic mass is 14.9. The molecule has 0 unspecified atom stereocenters. The fourth-order valence-corrected chi connectivity index (χ4v) is 8.47. The molecule has 0 spiro atoms. The number of nitrogens with zero attached hydrogens (tertiary/aromatic N) is 3. The van der Waals surface area contributed by atoms with Crippen LogP contribution in [0.1, 0.15) is 25.0 Å². The zero-order valence-electron chi connectivity index (χ0n) is 28.4. The summed E-state index contributed by atoms with van der Waals surface area (Å²) in [6.07, 6.45) is 1.85. The van der Waals surface area contributed by atoms with Crippen molar-refractivity contribution in [3.8, 4) is 56.2 Å². The molecule has 10 rings (SSSR count). The molecule has 2 heterocycles. The molecule has 2 aromatic heterocycles. The highest BCUT2D eigenvalue weighted by Crippen LogP contribution is 2.55. The third-order valence-electron chi connectivity index (χ3n) is 10.7. The smallest absolute Gasteiger partial charge is 0.161 e. The van der Waals surface area contributed by atoms with E-state index in [1.807, 2.05) is 18.3 Å². The van der Waals surface area contributed by atoms with E-state index in [1.54, 1.807) is 0 Å². The topological polar surface area (TPSA) is 38.7 Å². The molecule has 0 saturated heterocycles. The highest BCUT2D eigenvalue weighted by molar-refractivity contribution is 6.07. The molecule has 9 aromatic rings. The minimum Gasteiger partial charge on any atom is -0.256 e. The summed E-state index contributed by atoms with van der Waals surface area (Å²) in [6, 6.07) is 56.2. The predicted molar refractivity (Wildman–Crippen MR) is 212 cm³/mol. The lowest BCUT2D eigenvalue weighted by atomic mass is 9.77. The second kappa shape index (κ2) is 11.3. The monoisotopic (exact) mass is 651 g/mol. The number of rotatable bonds is 4. The minimum absolute atomic E-state index is 0.184. The van der Waals surface area contributed by atoms with Crippen LogP contribution < -0.4 is 0 Å². The Morgan fingerprint density at radius 2 is 1.00 bits per heavy atom. The molecule has 0 aliphatic heterocycles. The van der Waals surface area contributed by atoms with Gasteiger partial charge in [-0.15, -0.1) is 0 Å². The van der Waals surface area contributed by atoms with E-state index in [1.165, 1.54) is 49.5 Å². The van der Waals surface area contributed by atoms with Gasteiger partial charge in [0.1, 0.15) is 0 Å². The number of aromatic nitrogens is 3. The van der Waals surface area contributed by atoms with Crippen molar-refractivity contribution >= 4 is 32.4 Å². The van der Waals surface area contributed by atoms with Crippen molar-refractivity contribution in [3.05, 3.63) is 175 Å². The van der Waals surface area contributed by atoms with E-state index in [4.69, 9.17) is 15.0 Å². The third kappa shape index (κ3) is 4.55. The standard InChI is InChI=1S/C48H33N3/c1-48(2)44-33-18-7-6-13-30(33)24-25-39(44)38-22-11-21-37(45(38)48)36-26-27-40(35-20-9-8-19-34(35)36)47-50-42(31-14-4-3-5-15-31)29-43(51-47)41-23-10-16-32-17-12-28-49-46(32)41/h3-29H,1-2H3. The maximum Gasteiger partial charge on any atom is 0.161 e. The van der Waals surface area contributed by atoms with Gasteiger partial charge in [0.2, 0.25) is 0 Å². The van der Waals surface area contributed by atoms with Crippen LogP contribution >= 0.6 is 0 Å². The minimum atomic E-state index is -0.184. The number of fused-ring (bicyclic) bond motifs is 7. The number of hydrogen-bond acceptors (Lipinski definition) is 3. The van der Waals surface area contributed by atoms with Crippen LogP contribution in [0, 0.1) is 0 Å². The highest BCUT2D eigenvalue weighted by Gasteiger charge is 2.39. The normalized spacial score (nSPS) is 13.1. The van der Waals surface area contributed by atoms with Gasteiger partial charge in [-0.05, 0) is 73.1 Å². The summed E-state index contributed by atoms with van der Waals surface area (Å²) in [4.78, 5) is 15.3. The molecule has 0 bridgehead atoms. The molecule has 0 radical (unpaired) electrons. The van der Waals surface area contributed by atoms with Gasteiger partial charge in [-0.2, -0.15) is 0 Å². The Labute approximate surface area is 297 Å². The third-order valence-corrected chi connectivity index (χ3v) is 10.7. The largest absolute Gasteiger partial charge is 0.256 e. The first kappa shape index (κ1) is 29.5. The number of pyridine rings is 1. The molecule has 7 aromatic carbocycles. The van der Waals surface area contributed by atoms with Gasteiger partial charge >= 0.3 is 0 Å². The van der Waals surface area contributed by atoms with Gasteiger partial charge in [0.05, 0.1) is 16.9 Å². The summed E-state index contributed by atoms with van der Waals surface area (Å²) < 4.78 is 0. The lowest BCUT2D eigenvalue weighted by Gasteiger charge is -2.26. The van der Waals surface area contributed by atoms with E-state index in [-0.39, 0.29) is 5.41 Å². The van der Waals surface area contributed by atoms with Crippen LogP contribution in [0.4, 0.5) is 0 Å². The Morgan fingerprint density at radius 1 is 0.412 bits per heavy atom. The molecule has 3 nitrogen and oxygen atoms in total. The first-order valence-corrected chi connectivity index (χ1v) is 17.5. The second-order valence-electron chi connectivity index (χ2n) is 14.0. The molecule has 0 atom stereocenters. The molecule has 0 fully saturated rings. The molecule has 1 aliphatic rings. The van der Waals surface area contributed by atoms with Crippen LogP contribution in [-0.4, -0.2) is 15.0 Å². The fourth-order valence-electron chi connectivity index (χ4n) is 8.47. The molecule has 3 heteroatoms. The zero-order valence-corrected chi connectivity index (χ0v) is 28.4. The van der Waals surface area contributed by atoms with Crippen LogP contribution in [0.15, 0.2) is 164 Å². The van der Waals surface area contributed by atoms with E-state index in [0.717, 1.165) is 44.4 Å². The number of hydrogen-bond donors (Lipinski definition) is 0. The Morgan fingerprint density at radius 3 is 1.84 bits per heavy atom. The summed E-state index contributed by atoms with van der Waals surface area (Å²) in [6.45, 7) is 4.77. The summed E-state index contributed by atoms with van der Waals surface area (Å²) in [5.74, 6) is 0.694. The van der Waals surface area contributed by atoms with Gasteiger partial charge in [0, 0.05) is 33.7 Å². The predicted octanol–water partition coefficient (Wildman–Crippen LogP) is 12.3. The molecular weight excluding hydrogens is 619 g/mol. The maximum atomic E-state index is 5.29. The summed E-state index contributed by atoms with van der Waals surface area (Å²) in [7, 11) is 0. The van der Waals surface area contributed by atoms with Crippen molar-refractivity contribution in [3.63, 3.8) is 0 Å². The maximum absolute atomic E-state index is 5.29. The second-order valence-corrected chi connectivity index (χ2v) is 14.0. The van der Waals surface area contributed by atoms with Crippen molar-refractivity contribution in [1.29, 1.82) is 0 Å². The molecular formula is C48H33N3. The Balaban J connectivity index is 1.19. The Bertz CT molecular complexity index is 2830. The first-order valence-electron chi connectivity index (χ1n) is 17.5. The van der Waals surface area contributed by atoms with Gasteiger partial charge < -0.3 is 0 Å². The quantitative estimate of drug-likeness (QED) is 0.190. The number of para-hydroxylation sites is 1. The summed E-state index contributed by atoms with van der Waals surface area (Å²) in [5, 5.41) is 6.00. The molecule has 1 aliphatic carbocycles. The van der Waals surface area contributed by atoms with Crippen molar-refractivity contribution in [2.45, 2.75) is 19.3 Å². The average Bonchev–Trinajstić information content (AvgIpc) is 3.44. The Hall–Kier alpha value is -6.45. The van der Waals surface area contributed by atoms with Crippen molar-refractivity contribution < 1.29 is 0 Å². The van der Waals surface area contributed by atoms with Gasteiger partial charge in [-0.3, -0.25) is 4.98 Å². The SMILES string of the molecule is CC1(C)c2c(cccc2-c2ccc(-c3nc(-c4ccccc4)cc(-c4cccc5cccnc45)n3)c3ccccc23)-c2ccc3ccccc3c21. The van der Waals surface area contributed by atoms with Crippen LogP contribution in [-0.2, 0) is 5.41 Å². The molecule has 0 amide bonds. The number of benzene rings is 7. The van der Waals surface area contributed by atoms with Gasteiger partial charge in [0.15, 0.2) is 5.82 Å². The lowest BCUT2D eigenvalue weighted by Crippen LogP contribution is -2.17. The van der Waals surface area contributed by atoms with Crippen LogP contribution in [0.5, 0.6) is 0 Å². The van der Waals surface area contributed by atoms with E-state index >= 15 is 0 Å². The summed E-state index contributed by atoms with van der Waals surface area (Å²) in [5.41, 5.74) is 13.4. The van der Waals surface area contributed by atoms with Gasteiger partial charge in [-0.25, -0.2) is 9.97 Å². The summed E-state index contributed by atoms with van der Waals surface area (Å²) >= 11 is 0. The van der Waals surface area contributed by atoms with Crippen molar-refractivity contribution in [2.24, 2.45) is 0 Å². The van der Waals surface area contributed by atoms with Crippen molar-refractivity contribution in [2.75, 3.05) is 0 Å². The first-order chi connectivity index (χ1) is 25.1. The van der Waals surface area contributed by atoms with Crippen LogP contribution in [0.2, 0.25) is 0 Å². The molecule has 240 valence electrons. The molecule has 51 heavy (non-hydrogen) atoms. The lowest BCUT2D eigenvalue weighted by molar-refractivity contribution is 0.668. The zero-order chi connectivity index (χ0) is 34.1. The van der Waals surface area contributed by atoms with E-state index < -0.39 is 0 Å². The van der Waals surface area contributed by atoms with E-state index in [9.17, 15) is 0 Å². The van der Waals surface area contributed by atoms with Crippen LogP contribution in [0.3, 0.4) is 0 Å². The fraction of sp³-hybridized carbons (Fsp3) is 0.0625. The van der Waals surface area contributed by atoms with Gasteiger partial charge in [-0.1, -0.05) is 153 Å². The molecule has 0 saturated carbocycles. The Kier molecular flexibility index (Phi) is 6.53. The van der Waals surface area contributed by atoms with E-state index in [2.05, 4.69) is 159 Å². The van der Waals surface area contributed by atoms with Crippen molar-refractivity contribution in [1.82, 2.24) is 15.0 Å². The van der Waals surface area contributed by atoms with Crippen LogP contribution in [0.25, 0.3) is 88.6 Å². The van der Waals surface area contributed by atoms with E-state index in [0.29, 0.717) is 5.82 Å². The van der Waals surface area contributed by atoms with Gasteiger partial charge in [0.25, 0.3) is 0 Å². The average molecular weight is 652 g/mol. The molecule has 0 N–H and O–H groups in total.